The Morgan fingerprint density at radius 3 is 2.67 bits per heavy atom. The first kappa shape index (κ1) is 9.97. The van der Waals surface area contributed by atoms with Crippen LogP contribution in [0.3, 0.4) is 0 Å². The van der Waals surface area contributed by atoms with Crippen molar-refractivity contribution in [1.29, 1.82) is 0 Å². The monoisotopic (exact) mass is 270 g/mol. The fourth-order valence-electron chi connectivity index (χ4n) is 1.37. The summed E-state index contributed by atoms with van der Waals surface area (Å²) in [5.41, 5.74) is -0.587. The Morgan fingerprint density at radius 2 is 2.00 bits per heavy atom. The van der Waals surface area contributed by atoms with Crippen LogP contribution in [0.2, 0.25) is 0 Å². The highest BCUT2D eigenvalue weighted by Crippen LogP contribution is 2.25. The quantitative estimate of drug-likeness (QED) is 0.812. The molecule has 2 aromatic rings. The van der Waals surface area contributed by atoms with E-state index in [1.165, 1.54) is 7.11 Å². The second-order valence-corrected chi connectivity index (χ2v) is 3.85. The first-order valence-corrected chi connectivity index (χ1v) is 4.91. The Labute approximate surface area is 92.2 Å². The number of aromatic nitrogens is 2. The molecule has 0 bridgehead atoms. The third-order valence-electron chi connectivity index (χ3n) is 2.00. The summed E-state index contributed by atoms with van der Waals surface area (Å²) in [6.07, 6.45) is 0. The molecule has 0 aliphatic heterocycles. The molecular weight excluding hydrogens is 264 g/mol. The lowest BCUT2D eigenvalue weighted by Gasteiger charge is -2.04. The zero-order valence-electron chi connectivity index (χ0n) is 7.76. The summed E-state index contributed by atoms with van der Waals surface area (Å²) in [6, 6.07) is 3.30. The summed E-state index contributed by atoms with van der Waals surface area (Å²) >= 11 is 3.25. The minimum absolute atomic E-state index is 0.376. The van der Waals surface area contributed by atoms with Crippen molar-refractivity contribution < 1.29 is 4.74 Å². The number of methoxy groups -OCH3 is 1. The molecular formula is C9H7BrN2O3. The van der Waals surface area contributed by atoms with Crippen LogP contribution < -0.4 is 16.0 Å². The molecule has 0 atom stereocenters. The van der Waals surface area contributed by atoms with E-state index in [1.54, 1.807) is 12.1 Å². The van der Waals surface area contributed by atoms with E-state index in [-0.39, 0.29) is 0 Å². The smallest absolute Gasteiger partial charge is 0.326 e. The molecule has 6 heteroatoms. The van der Waals surface area contributed by atoms with Gasteiger partial charge in [0.05, 0.1) is 18.0 Å². The number of aromatic amines is 2. The summed E-state index contributed by atoms with van der Waals surface area (Å²) in [5, 5.41) is 0.376. The van der Waals surface area contributed by atoms with Crippen LogP contribution in [0.1, 0.15) is 0 Å². The summed E-state index contributed by atoms with van der Waals surface area (Å²) in [6.45, 7) is 0. The van der Waals surface area contributed by atoms with Crippen LogP contribution in [0.5, 0.6) is 5.75 Å². The van der Waals surface area contributed by atoms with E-state index in [4.69, 9.17) is 4.74 Å². The third kappa shape index (κ3) is 1.68. The molecule has 0 saturated carbocycles. The van der Waals surface area contributed by atoms with E-state index < -0.39 is 11.2 Å². The number of fused-ring (bicyclic) bond motifs is 1. The van der Waals surface area contributed by atoms with Crippen LogP contribution >= 0.6 is 15.9 Å². The van der Waals surface area contributed by atoms with Crippen molar-refractivity contribution in [2.45, 2.75) is 0 Å². The van der Waals surface area contributed by atoms with Crippen molar-refractivity contribution in [2.75, 3.05) is 7.11 Å². The summed E-state index contributed by atoms with van der Waals surface area (Å²) in [4.78, 5) is 27.2. The number of hydrogen-bond donors (Lipinski definition) is 2. The van der Waals surface area contributed by atoms with Crippen molar-refractivity contribution in [3.8, 4) is 5.75 Å². The zero-order chi connectivity index (χ0) is 11.0. The van der Waals surface area contributed by atoms with Gasteiger partial charge in [-0.15, -0.1) is 0 Å². The summed E-state index contributed by atoms with van der Waals surface area (Å²) in [5.74, 6) is 0.447. The first-order valence-electron chi connectivity index (χ1n) is 4.11. The van der Waals surface area contributed by atoms with Crippen molar-refractivity contribution in [2.24, 2.45) is 0 Å². The second-order valence-electron chi connectivity index (χ2n) is 2.94. The van der Waals surface area contributed by atoms with Gasteiger partial charge in [0, 0.05) is 4.47 Å². The standard InChI is InChI=1S/C9H7BrN2O3/c1-15-6-3-4(10)2-5-7(6)11-9(14)12-8(5)13/h2-3H,1H3,(H2,11,12,13,14). The number of benzene rings is 1. The van der Waals surface area contributed by atoms with Gasteiger partial charge in [-0.1, -0.05) is 15.9 Å². The van der Waals surface area contributed by atoms with Crippen LogP contribution in [0, 0.1) is 0 Å². The molecule has 0 aliphatic carbocycles. The number of nitrogens with one attached hydrogen (secondary N) is 2. The second kappa shape index (κ2) is 3.54. The number of ether oxygens (including phenoxy) is 1. The molecule has 0 fully saturated rings. The number of hydrogen-bond acceptors (Lipinski definition) is 3. The molecule has 2 N–H and O–H groups in total. The molecule has 2 rings (SSSR count). The number of rotatable bonds is 1. The molecule has 0 radical (unpaired) electrons. The molecule has 1 heterocycles. The van der Waals surface area contributed by atoms with Crippen molar-refractivity contribution in [3.63, 3.8) is 0 Å². The van der Waals surface area contributed by atoms with E-state index in [9.17, 15) is 9.59 Å². The average Bonchev–Trinajstić information content (AvgIpc) is 2.18. The van der Waals surface area contributed by atoms with Crippen molar-refractivity contribution in [3.05, 3.63) is 37.4 Å². The Kier molecular flexibility index (Phi) is 2.36. The molecule has 0 aliphatic rings. The van der Waals surface area contributed by atoms with E-state index in [2.05, 4.69) is 25.9 Å². The summed E-state index contributed by atoms with van der Waals surface area (Å²) < 4.78 is 5.78. The molecule has 5 nitrogen and oxygen atoms in total. The van der Waals surface area contributed by atoms with Gasteiger partial charge in [0.1, 0.15) is 5.75 Å². The SMILES string of the molecule is COc1cc(Br)cc2c(=O)[nH]c(=O)[nH]c12. The van der Waals surface area contributed by atoms with E-state index >= 15 is 0 Å². The minimum Gasteiger partial charge on any atom is -0.495 e. The number of halogens is 1. The van der Waals surface area contributed by atoms with Crippen LogP contribution in [-0.2, 0) is 0 Å². The van der Waals surface area contributed by atoms with Gasteiger partial charge in [0.15, 0.2) is 0 Å². The van der Waals surface area contributed by atoms with Crippen LogP contribution in [0.15, 0.2) is 26.2 Å². The molecule has 15 heavy (non-hydrogen) atoms. The predicted molar refractivity (Wildman–Crippen MR) is 59.4 cm³/mol. The minimum atomic E-state index is -0.548. The molecule has 78 valence electrons. The first-order chi connectivity index (χ1) is 7.11. The third-order valence-corrected chi connectivity index (χ3v) is 2.45. The maximum absolute atomic E-state index is 11.5. The lowest BCUT2D eigenvalue weighted by molar-refractivity contribution is 0.418. The Morgan fingerprint density at radius 1 is 1.27 bits per heavy atom. The van der Waals surface area contributed by atoms with Crippen molar-refractivity contribution >= 4 is 26.8 Å². The van der Waals surface area contributed by atoms with Gasteiger partial charge < -0.3 is 9.72 Å². The molecule has 0 amide bonds. The molecule has 0 unspecified atom stereocenters. The van der Waals surface area contributed by atoms with Gasteiger partial charge in [0.2, 0.25) is 0 Å². The van der Waals surface area contributed by atoms with Crippen LogP contribution in [-0.4, -0.2) is 17.1 Å². The van der Waals surface area contributed by atoms with E-state index in [1.807, 2.05) is 0 Å². The van der Waals surface area contributed by atoms with Crippen molar-refractivity contribution in [1.82, 2.24) is 9.97 Å². The fourth-order valence-corrected chi connectivity index (χ4v) is 1.80. The lowest BCUT2D eigenvalue weighted by atomic mass is 10.2. The Balaban J connectivity index is 3.03. The van der Waals surface area contributed by atoms with Gasteiger partial charge in [0.25, 0.3) is 5.56 Å². The highest BCUT2D eigenvalue weighted by atomic mass is 79.9. The summed E-state index contributed by atoms with van der Waals surface area (Å²) in [7, 11) is 1.47. The highest BCUT2D eigenvalue weighted by molar-refractivity contribution is 9.10. The van der Waals surface area contributed by atoms with Crippen LogP contribution in [0.25, 0.3) is 10.9 Å². The highest BCUT2D eigenvalue weighted by Gasteiger charge is 2.07. The number of H-pyrrole nitrogens is 2. The van der Waals surface area contributed by atoms with Gasteiger partial charge in [-0.25, -0.2) is 4.79 Å². The van der Waals surface area contributed by atoms with Gasteiger partial charge in [-0.05, 0) is 12.1 Å². The van der Waals surface area contributed by atoms with Gasteiger partial charge in [-0.2, -0.15) is 0 Å². The topological polar surface area (TPSA) is 75.0 Å². The largest absolute Gasteiger partial charge is 0.495 e. The lowest BCUT2D eigenvalue weighted by Crippen LogP contribution is -2.22. The van der Waals surface area contributed by atoms with E-state index in [0.29, 0.717) is 21.1 Å². The predicted octanol–water partition coefficient (Wildman–Crippen LogP) is 0.987. The maximum atomic E-state index is 11.5. The molecule has 1 aromatic carbocycles. The normalized spacial score (nSPS) is 10.5. The van der Waals surface area contributed by atoms with Gasteiger partial charge >= 0.3 is 5.69 Å². The van der Waals surface area contributed by atoms with E-state index in [0.717, 1.165) is 0 Å². The molecule has 0 spiro atoms. The Hall–Kier alpha value is -1.56. The average molecular weight is 271 g/mol. The van der Waals surface area contributed by atoms with Crippen LogP contribution in [0.4, 0.5) is 0 Å². The zero-order valence-corrected chi connectivity index (χ0v) is 9.34. The molecule has 0 saturated heterocycles. The fraction of sp³-hybridized carbons (Fsp3) is 0.111. The Bertz CT molecular complexity index is 629. The maximum Gasteiger partial charge on any atom is 0.326 e. The van der Waals surface area contributed by atoms with Gasteiger partial charge in [-0.3, -0.25) is 9.78 Å². The molecule has 1 aromatic heterocycles.